The van der Waals surface area contributed by atoms with Gasteiger partial charge in [-0.25, -0.2) is 8.78 Å². The molecule has 1 heterocycles. The molecule has 1 fully saturated rings. The summed E-state index contributed by atoms with van der Waals surface area (Å²) in [6.07, 6.45) is 0. The van der Waals surface area contributed by atoms with Gasteiger partial charge in [0.2, 0.25) is 0 Å². The minimum Gasteiger partial charge on any atom is -0.466 e. The summed E-state index contributed by atoms with van der Waals surface area (Å²) in [5.74, 6) is -2.56. The maximum atomic E-state index is 13.2. The quantitative estimate of drug-likeness (QED) is 0.837. The fraction of sp³-hybridized carbons (Fsp3) is 0.462. The molecule has 1 N–H and O–H groups in total. The zero-order valence-electron chi connectivity index (χ0n) is 10.1. The molecule has 1 aliphatic heterocycles. The van der Waals surface area contributed by atoms with Crippen LogP contribution in [0.2, 0.25) is 0 Å². The minimum absolute atomic E-state index is 0.167. The highest BCUT2D eigenvalue weighted by molar-refractivity contribution is 5.74. The fourth-order valence-corrected chi connectivity index (χ4v) is 2.27. The largest absolute Gasteiger partial charge is 0.466 e. The first-order valence-corrected chi connectivity index (χ1v) is 5.95. The van der Waals surface area contributed by atoms with Crippen LogP contribution in [-0.4, -0.2) is 25.7 Å². The average molecular weight is 255 g/mol. The second-order valence-corrected chi connectivity index (χ2v) is 4.30. The minimum atomic E-state index is -0.887. The Morgan fingerprint density at radius 1 is 1.39 bits per heavy atom. The lowest BCUT2D eigenvalue weighted by Gasteiger charge is -2.17. The molecule has 0 radical (unpaired) electrons. The first-order chi connectivity index (χ1) is 8.63. The third kappa shape index (κ3) is 2.51. The van der Waals surface area contributed by atoms with Crippen molar-refractivity contribution in [2.24, 2.45) is 5.92 Å². The number of carbonyl (C=O) groups excluding carboxylic acids is 1. The molecule has 1 saturated heterocycles. The van der Waals surface area contributed by atoms with Crippen molar-refractivity contribution in [1.82, 2.24) is 5.32 Å². The van der Waals surface area contributed by atoms with E-state index >= 15 is 0 Å². The van der Waals surface area contributed by atoms with Gasteiger partial charge < -0.3 is 10.1 Å². The highest BCUT2D eigenvalue weighted by Gasteiger charge is 2.35. The maximum absolute atomic E-state index is 13.2. The molecule has 2 rings (SSSR count). The number of ether oxygens (including phenoxy) is 1. The monoisotopic (exact) mass is 255 g/mol. The number of carbonyl (C=O) groups is 1. The molecule has 18 heavy (non-hydrogen) atoms. The summed E-state index contributed by atoms with van der Waals surface area (Å²) >= 11 is 0. The van der Waals surface area contributed by atoms with Crippen LogP contribution in [0.4, 0.5) is 8.78 Å². The Kier molecular flexibility index (Phi) is 3.91. The Balaban J connectivity index is 2.20. The van der Waals surface area contributed by atoms with E-state index in [-0.39, 0.29) is 17.8 Å². The summed E-state index contributed by atoms with van der Waals surface area (Å²) in [7, 11) is 0. The molecule has 0 spiro atoms. The van der Waals surface area contributed by atoms with E-state index in [0.717, 1.165) is 12.1 Å². The summed E-state index contributed by atoms with van der Waals surface area (Å²) in [5.41, 5.74) is 0.622. The number of esters is 1. The third-order valence-electron chi connectivity index (χ3n) is 3.18. The number of nitrogens with one attached hydrogen (secondary N) is 1. The molecule has 5 heteroatoms. The van der Waals surface area contributed by atoms with E-state index in [1.807, 2.05) is 0 Å². The van der Waals surface area contributed by atoms with E-state index in [9.17, 15) is 13.6 Å². The van der Waals surface area contributed by atoms with Gasteiger partial charge in [-0.05, 0) is 24.6 Å². The lowest BCUT2D eigenvalue weighted by atomic mass is 9.89. The Labute approximate surface area is 104 Å². The summed E-state index contributed by atoms with van der Waals surface area (Å²) in [4.78, 5) is 11.8. The first-order valence-electron chi connectivity index (χ1n) is 5.95. The Morgan fingerprint density at radius 3 is 2.83 bits per heavy atom. The van der Waals surface area contributed by atoms with Gasteiger partial charge in [0, 0.05) is 19.0 Å². The highest BCUT2D eigenvalue weighted by Crippen LogP contribution is 2.29. The molecule has 0 unspecified atom stereocenters. The maximum Gasteiger partial charge on any atom is 0.310 e. The number of benzene rings is 1. The second kappa shape index (κ2) is 5.44. The van der Waals surface area contributed by atoms with Crippen LogP contribution in [0, 0.1) is 17.6 Å². The van der Waals surface area contributed by atoms with Crippen LogP contribution >= 0.6 is 0 Å². The van der Waals surface area contributed by atoms with E-state index in [0.29, 0.717) is 25.3 Å². The van der Waals surface area contributed by atoms with Crippen molar-refractivity contribution in [3.63, 3.8) is 0 Å². The van der Waals surface area contributed by atoms with Gasteiger partial charge >= 0.3 is 5.97 Å². The van der Waals surface area contributed by atoms with Gasteiger partial charge in [0.15, 0.2) is 11.6 Å². The van der Waals surface area contributed by atoms with Gasteiger partial charge in [-0.2, -0.15) is 0 Å². The van der Waals surface area contributed by atoms with Crippen molar-refractivity contribution in [3.05, 3.63) is 35.4 Å². The molecule has 1 aliphatic rings. The van der Waals surface area contributed by atoms with Crippen LogP contribution in [0.15, 0.2) is 18.2 Å². The predicted molar refractivity (Wildman–Crippen MR) is 62.1 cm³/mol. The summed E-state index contributed by atoms with van der Waals surface area (Å²) in [5, 5.41) is 3.08. The summed E-state index contributed by atoms with van der Waals surface area (Å²) in [6.45, 7) is 3.13. The average Bonchev–Trinajstić information content (AvgIpc) is 2.82. The molecule has 0 aromatic heterocycles. The summed E-state index contributed by atoms with van der Waals surface area (Å²) in [6, 6.07) is 3.76. The second-order valence-electron chi connectivity index (χ2n) is 4.30. The normalized spacial score (nSPS) is 23.1. The van der Waals surface area contributed by atoms with Crippen molar-refractivity contribution >= 4 is 5.97 Å². The Morgan fingerprint density at radius 2 is 2.17 bits per heavy atom. The summed E-state index contributed by atoms with van der Waals surface area (Å²) < 4.78 is 31.1. The van der Waals surface area contributed by atoms with Crippen LogP contribution in [0.5, 0.6) is 0 Å². The lowest BCUT2D eigenvalue weighted by Crippen LogP contribution is -2.24. The van der Waals surface area contributed by atoms with Gasteiger partial charge in [0.25, 0.3) is 0 Å². The molecule has 0 aliphatic carbocycles. The number of hydrogen-bond acceptors (Lipinski definition) is 3. The highest BCUT2D eigenvalue weighted by atomic mass is 19.2. The molecule has 0 amide bonds. The van der Waals surface area contributed by atoms with Crippen LogP contribution in [0.1, 0.15) is 18.4 Å². The van der Waals surface area contributed by atoms with Gasteiger partial charge in [-0.15, -0.1) is 0 Å². The smallest absolute Gasteiger partial charge is 0.310 e. The molecular weight excluding hydrogens is 240 g/mol. The number of halogens is 2. The molecule has 2 atom stereocenters. The van der Waals surface area contributed by atoms with E-state index in [1.165, 1.54) is 6.07 Å². The molecular formula is C13H15F2NO2. The molecule has 0 saturated carbocycles. The van der Waals surface area contributed by atoms with Crippen molar-refractivity contribution in [2.45, 2.75) is 12.8 Å². The van der Waals surface area contributed by atoms with Crippen molar-refractivity contribution in [2.75, 3.05) is 19.7 Å². The van der Waals surface area contributed by atoms with E-state index < -0.39 is 11.6 Å². The molecule has 1 aromatic rings. The van der Waals surface area contributed by atoms with Gasteiger partial charge in [-0.3, -0.25) is 4.79 Å². The topological polar surface area (TPSA) is 38.3 Å². The van der Waals surface area contributed by atoms with Crippen LogP contribution in [0.25, 0.3) is 0 Å². The van der Waals surface area contributed by atoms with Crippen molar-refractivity contribution in [3.8, 4) is 0 Å². The third-order valence-corrected chi connectivity index (χ3v) is 3.18. The van der Waals surface area contributed by atoms with Crippen molar-refractivity contribution in [1.29, 1.82) is 0 Å². The lowest BCUT2D eigenvalue weighted by molar-refractivity contribution is -0.147. The molecule has 98 valence electrons. The van der Waals surface area contributed by atoms with E-state index in [1.54, 1.807) is 6.92 Å². The number of rotatable bonds is 3. The van der Waals surface area contributed by atoms with Gasteiger partial charge in [-0.1, -0.05) is 6.07 Å². The molecule has 0 bridgehead atoms. The zero-order chi connectivity index (χ0) is 13.1. The predicted octanol–water partition coefficient (Wildman–Crippen LogP) is 1.83. The number of hydrogen-bond donors (Lipinski definition) is 1. The van der Waals surface area contributed by atoms with Crippen LogP contribution in [0.3, 0.4) is 0 Å². The SMILES string of the molecule is CCOC(=O)[C@H]1CNC[C@@H]1c1ccc(F)c(F)c1. The molecule has 1 aromatic carbocycles. The van der Waals surface area contributed by atoms with Crippen molar-refractivity contribution < 1.29 is 18.3 Å². The van der Waals surface area contributed by atoms with Crippen LogP contribution < -0.4 is 5.32 Å². The van der Waals surface area contributed by atoms with E-state index in [2.05, 4.69) is 5.32 Å². The standard InChI is InChI=1S/C13H15F2NO2/c1-2-18-13(17)10-7-16-6-9(10)8-3-4-11(14)12(15)5-8/h3-5,9-10,16H,2,6-7H2,1H3/t9-,10+/m1/s1. The Hall–Kier alpha value is -1.49. The van der Waals surface area contributed by atoms with Gasteiger partial charge in [0.1, 0.15) is 0 Å². The first kappa shape index (κ1) is 13.0. The zero-order valence-corrected chi connectivity index (χ0v) is 10.1. The van der Waals surface area contributed by atoms with Crippen LogP contribution in [-0.2, 0) is 9.53 Å². The molecule has 3 nitrogen and oxygen atoms in total. The van der Waals surface area contributed by atoms with E-state index in [4.69, 9.17) is 4.74 Å². The van der Waals surface area contributed by atoms with Gasteiger partial charge in [0.05, 0.1) is 12.5 Å². The Bertz CT molecular complexity index is 451. The fourth-order valence-electron chi connectivity index (χ4n) is 2.27.